The fourth-order valence-electron chi connectivity index (χ4n) is 2.76. The Kier molecular flexibility index (Phi) is 4.25. The van der Waals surface area contributed by atoms with Crippen LogP contribution in [0.3, 0.4) is 0 Å². The number of nitrogens with zero attached hydrogens (tertiary/aromatic N) is 2. The molecule has 1 N–H and O–H groups in total. The van der Waals surface area contributed by atoms with Gasteiger partial charge >= 0.3 is 0 Å². The molecule has 0 spiro atoms. The van der Waals surface area contributed by atoms with Crippen LogP contribution in [-0.2, 0) is 13.0 Å². The first-order valence-electron chi connectivity index (χ1n) is 8.14. The second-order valence-electron chi connectivity index (χ2n) is 6.52. The number of aliphatic hydroxyl groups excluding tert-OH is 1. The van der Waals surface area contributed by atoms with Crippen molar-refractivity contribution in [3.05, 3.63) is 23.4 Å². The first-order valence-corrected chi connectivity index (χ1v) is 8.14. The van der Waals surface area contributed by atoms with Crippen LogP contribution in [0.25, 0.3) is 0 Å². The lowest BCUT2D eigenvalue weighted by Crippen LogP contribution is -2.29. The highest BCUT2D eigenvalue weighted by atomic mass is 16.3. The van der Waals surface area contributed by atoms with Crippen LogP contribution in [0.15, 0.2) is 12.1 Å². The molecule has 20 heavy (non-hydrogen) atoms. The molecule has 0 saturated heterocycles. The Morgan fingerprint density at radius 2 is 1.80 bits per heavy atom. The van der Waals surface area contributed by atoms with Crippen LogP contribution in [0.5, 0.6) is 0 Å². The third-order valence-corrected chi connectivity index (χ3v) is 4.29. The van der Waals surface area contributed by atoms with E-state index in [1.54, 1.807) is 0 Å². The maximum absolute atomic E-state index is 9.48. The van der Waals surface area contributed by atoms with E-state index >= 15 is 0 Å². The van der Waals surface area contributed by atoms with Gasteiger partial charge in [0.15, 0.2) is 0 Å². The summed E-state index contributed by atoms with van der Waals surface area (Å²) in [6.45, 7) is 4.61. The number of rotatable bonds is 8. The molecule has 110 valence electrons. The average molecular weight is 274 g/mol. The summed E-state index contributed by atoms with van der Waals surface area (Å²) < 4.78 is 0. The van der Waals surface area contributed by atoms with E-state index in [2.05, 4.69) is 24.0 Å². The van der Waals surface area contributed by atoms with Crippen molar-refractivity contribution in [1.29, 1.82) is 0 Å². The minimum absolute atomic E-state index is 0.118. The Balaban J connectivity index is 1.80. The molecule has 2 aliphatic carbocycles. The maximum atomic E-state index is 9.48. The molecule has 3 heteroatoms. The van der Waals surface area contributed by atoms with Gasteiger partial charge in [-0.2, -0.15) is 0 Å². The van der Waals surface area contributed by atoms with Crippen molar-refractivity contribution < 1.29 is 5.11 Å². The van der Waals surface area contributed by atoms with Gasteiger partial charge in [-0.05, 0) is 61.6 Å². The van der Waals surface area contributed by atoms with Crippen molar-refractivity contribution in [3.63, 3.8) is 0 Å². The largest absolute Gasteiger partial charge is 0.392 e. The lowest BCUT2D eigenvalue weighted by atomic mass is 10.1. The van der Waals surface area contributed by atoms with Crippen molar-refractivity contribution in [2.45, 2.75) is 52.1 Å². The first kappa shape index (κ1) is 13.9. The minimum atomic E-state index is 0.118. The molecular weight excluding hydrogens is 248 g/mol. The topological polar surface area (TPSA) is 36.4 Å². The molecule has 3 nitrogen and oxygen atoms in total. The van der Waals surface area contributed by atoms with Gasteiger partial charge in [-0.1, -0.05) is 13.3 Å². The van der Waals surface area contributed by atoms with E-state index in [9.17, 15) is 5.11 Å². The van der Waals surface area contributed by atoms with Crippen molar-refractivity contribution in [2.75, 3.05) is 18.0 Å². The van der Waals surface area contributed by atoms with Gasteiger partial charge in [-0.25, -0.2) is 4.98 Å². The van der Waals surface area contributed by atoms with Crippen LogP contribution in [0.2, 0.25) is 0 Å². The first-order chi connectivity index (χ1) is 9.78. The summed E-state index contributed by atoms with van der Waals surface area (Å²) >= 11 is 0. The highest BCUT2D eigenvalue weighted by Crippen LogP contribution is 2.35. The molecule has 0 aliphatic heterocycles. The number of hydrogen-bond acceptors (Lipinski definition) is 3. The molecule has 1 aromatic rings. The van der Waals surface area contributed by atoms with Crippen molar-refractivity contribution in [2.24, 2.45) is 11.8 Å². The van der Waals surface area contributed by atoms with E-state index in [0.717, 1.165) is 54.8 Å². The summed E-state index contributed by atoms with van der Waals surface area (Å²) in [5.41, 5.74) is 2.14. The zero-order chi connectivity index (χ0) is 13.9. The summed E-state index contributed by atoms with van der Waals surface area (Å²) in [6, 6.07) is 4.14. The van der Waals surface area contributed by atoms with Crippen molar-refractivity contribution in [3.8, 4) is 0 Å². The zero-order valence-electron chi connectivity index (χ0n) is 12.5. The molecule has 2 aliphatic rings. The molecule has 0 aromatic carbocycles. The van der Waals surface area contributed by atoms with Crippen molar-refractivity contribution >= 4 is 5.82 Å². The molecule has 0 unspecified atom stereocenters. The standard InChI is InChI=1S/C17H26N2O/c1-2-3-16-8-15(12-20)9-17(18-16)19(10-13-4-5-13)11-14-6-7-14/h8-9,13-14,20H,2-7,10-12H2,1H3. The summed E-state index contributed by atoms with van der Waals surface area (Å²) in [4.78, 5) is 7.33. The molecule has 0 bridgehead atoms. The van der Waals surface area contributed by atoms with Gasteiger partial charge in [0.2, 0.25) is 0 Å². The zero-order valence-corrected chi connectivity index (χ0v) is 12.5. The highest BCUT2D eigenvalue weighted by molar-refractivity contribution is 5.43. The van der Waals surface area contributed by atoms with Crippen LogP contribution < -0.4 is 4.90 Å². The fourth-order valence-corrected chi connectivity index (χ4v) is 2.76. The lowest BCUT2D eigenvalue weighted by molar-refractivity contribution is 0.281. The van der Waals surface area contributed by atoms with Gasteiger partial charge in [0.05, 0.1) is 6.61 Å². The second-order valence-corrected chi connectivity index (χ2v) is 6.52. The summed E-state index contributed by atoms with van der Waals surface area (Å²) in [7, 11) is 0. The van der Waals surface area contributed by atoms with E-state index in [4.69, 9.17) is 4.98 Å². The molecule has 2 fully saturated rings. The third kappa shape index (κ3) is 3.72. The predicted molar refractivity (Wildman–Crippen MR) is 81.8 cm³/mol. The number of aromatic nitrogens is 1. The normalized spacial score (nSPS) is 18.3. The van der Waals surface area contributed by atoms with Gasteiger partial charge in [0.1, 0.15) is 5.82 Å². The maximum Gasteiger partial charge on any atom is 0.129 e. The molecule has 3 rings (SSSR count). The number of anilines is 1. The average Bonchev–Trinajstić information content (AvgIpc) is 3.33. The van der Waals surface area contributed by atoms with Gasteiger partial charge in [0.25, 0.3) is 0 Å². The number of pyridine rings is 1. The Morgan fingerprint density at radius 1 is 1.15 bits per heavy atom. The molecule has 0 amide bonds. The van der Waals surface area contributed by atoms with Gasteiger partial charge in [-0.3, -0.25) is 0 Å². The lowest BCUT2D eigenvalue weighted by Gasteiger charge is -2.25. The third-order valence-electron chi connectivity index (χ3n) is 4.29. The second kappa shape index (κ2) is 6.13. The number of aryl methyl sites for hydroxylation is 1. The Labute approximate surface area is 122 Å². The molecular formula is C17H26N2O. The highest BCUT2D eigenvalue weighted by Gasteiger charge is 2.30. The number of aliphatic hydroxyl groups is 1. The van der Waals surface area contributed by atoms with Gasteiger partial charge in [0, 0.05) is 18.8 Å². The van der Waals surface area contributed by atoms with Gasteiger partial charge < -0.3 is 10.0 Å². The Bertz CT molecular complexity index is 438. The Hall–Kier alpha value is -1.09. The Morgan fingerprint density at radius 3 is 2.30 bits per heavy atom. The smallest absolute Gasteiger partial charge is 0.129 e. The monoisotopic (exact) mass is 274 g/mol. The summed E-state index contributed by atoms with van der Waals surface area (Å²) in [5.74, 6) is 2.85. The minimum Gasteiger partial charge on any atom is -0.392 e. The molecule has 1 heterocycles. The van der Waals surface area contributed by atoms with E-state index in [0.29, 0.717) is 0 Å². The summed E-state index contributed by atoms with van der Waals surface area (Å²) in [6.07, 6.45) is 7.62. The van der Waals surface area contributed by atoms with Crippen LogP contribution >= 0.6 is 0 Å². The van der Waals surface area contributed by atoms with E-state index in [1.807, 2.05) is 0 Å². The molecule has 2 saturated carbocycles. The van der Waals surface area contributed by atoms with Crippen LogP contribution in [0.1, 0.15) is 50.3 Å². The van der Waals surface area contributed by atoms with Crippen LogP contribution in [0, 0.1) is 11.8 Å². The van der Waals surface area contributed by atoms with E-state index < -0.39 is 0 Å². The van der Waals surface area contributed by atoms with E-state index in [-0.39, 0.29) is 6.61 Å². The number of hydrogen-bond donors (Lipinski definition) is 1. The van der Waals surface area contributed by atoms with Crippen LogP contribution in [0.4, 0.5) is 5.82 Å². The van der Waals surface area contributed by atoms with E-state index in [1.165, 1.54) is 25.7 Å². The SMILES string of the molecule is CCCc1cc(CO)cc(N(CC2CC2)CC2CC2)n1. The molecule has 0 radical (unpaired) electrons. The quantitative estimate of drug-likeness (QED) is 0.791. The van der Waals surface area contributed by atoms with Gasteiger partial charge in [-0.15, -0.1) is 0 Å². The fraction of sp³-hybridized carbons (Fsp3) is 0.706. The molecule has 1 aromatic heterocycles. The predicted octanol–water partition coefficient (Wildman–Crippen LogP) is 3.15. The van der Waals surface area contributed by atoms with Crippen LogP contribution in [-0.4, -0.2) is 23.2 Å². The summed E-state index contributed by atoms with van der Waals surface area (Å²) in [5, 5.41) is 9.48. The molecule has 0 atom stereocenters. The van der Waals surface area contributed by atoms with Crippen molar-refractivity contribution in [1.82, 2.24) is 4.98 Å².